The van der Waals surface area contributed by atoms with Gasteiger partial charge in [0, 0.05) is 22.0 Å². The average Bonchev–Trinajstić information content (AvgIpc) is 2.95. The molecule has 0 spiro atoms. The van der Waals surface area contributed by atoms with Crippen molar-refractivity contribution in [2.24, 2.45) is 11.8 Å². The molecule has 3 heterocycles. The van der Waals surface area contributed by atoms with Gasteiger partial charge in [-0.1, -0.05) is 13.8 Å². The number of hydrogen-bond donors (Lipinski definition) is 2. The summed E-state index contributed by atoms with van der Waals surface area (Å²) in [5.74, 6) is 3.09. The van der Waals surface area contributed by atoms with Crippen molar-refractivity contribution in [3.05, 3.63) is 0 Å². The maximum atomic E-state index is 9.17. The van der Waals surface area contributed by atoms with Crippen molar-refractivity contribution >= 4 is 23.5 Å². The first-order chi connectivity index (χ1) is 8.54. The first kappa shape index (κ1) is 15.0. The van der Waals surface area contributed by atoms with Crippen molar-refractivity contribution < 1.29 is 14.9 Å². The van der Waals surface area contributed by atoms with Gasteiger partial charge in [0.2, 0.25) is 0 Å². The van der Waals surface area contributed by atoms with Gasteiger partial charge in [0.1, 0.15) is 0 Å². The van der Waals surface area contributed by atoms with E-state index >= 15 is 0 Å². The summed E-state index contributed by atoms with van der Waals surface area (Å²) < 4.78 is 5.65. The number of aliphatic hydroxyl groups is 2. The van der Waals surface area contributed by atoms with E-state index in [4.69, 9.17) is 14.9 Å². The Bertz CT molecular complexity index is 275. The molecule has 106 valence electrons. The Kier molecular flexibility index (Phi) is 5.29. The lowest BCUT2D eigenvalue weighted by atomic mass is 10.0. The third-order valence-electron chi connectivity index (χ3n) is 4.26. The van der Waals surface area contributed by atoms with Crippen molar-refractivity contribution in [1.29, 1.82) is 0 Å². The number of hydrogen-bond acceptors (Lipinski definition) is 5. The van der Waals surface area contributed by atoms with Gasteiger partial charge in [-0.05, 0) is 18.8 Å². The molecule has 5 heteroatoms. The summed E-state index contributed by atoms with van der Waals surface area (Å²) in [5.41, 5.74) is 0. The molecule has 7 atom stereocenters. The highest BCUT2D eigenvalue weighted by molar-refractivity contribution is 8.00. The molecule has 3 nitrogen and oxygen atoms in total. The van der Waals surface area contributed by atoms with E-state index in [-0.39, 0.29) is 23.9 Å². The molecule has 2 bridgehead atoms. The van der Waals surface area contributed by atoms with E-state index in [1.54, 1.807) is 11.8 Å². The molecule has 2 N–H and O–H groups in total. The second-order valence-corrected chi connectivity index (χ2v) is 8.00. The predicted molar refractivity (Wildman–Crippen MR) is 78.2 cm³/mol. The maximum Gasteiger partial charge on any atom is 0.0706 e. The van der Waals surface area contributed by atoms with Crippen LogP contribution in [0.15, 0.2) is 0 Å². The number of rotatable bonds is 1. The highest BCUT2D eigenvalue weighted by Gasteiger charge is 2.45. The van der Waals surface area contributed by atoms with Crippen LogP contribution in [-0.4, -0.2) is 57.1 Å². The largest absolute Gasteiger partial charge is 0.395 e. The lowest BCUT2D eigenvalue weighted by molar-refractivity contribution is 0.0580. The normalized spacial score (nSPS) is 50.2. The second-order valence-electron chi connectivity index (χ2n) is 5.52. The van der Waals surface area contributed by atoms with Gasteiger partial charge in [0.25, 0.3) is 0 Å². The van der Waals surface area contributed by atoms with Crippen LogP contribution in [0.25, 0.3) is 0 Å². The summed E-state index contributed by atoms with van der Waals surface area (Å²) in [7, 11) is 0. The van der Waals surface area contributed by atoms with Gasteiger partial charge >= 0.3 is 0 Å². The molecule has 3 rings (SSSR count). The summed E-state index contributed by atoms with van der Waals surface area (Å²) in [4.78, 5) is 0. The minimum Gasteiger partial charge on any atom is -0.395 e. The molecular weight excluding hydrogens is 268 g/mol. The molecule has 0 radical (unpaired) electrons. The molecular formula is C13H24O3S2. The zero-order valence-electron chi connectivity index (χ0n) is 11.3. The molecule has 18 heavy (non-hydrogen) atoms. The molecule has 3 saturated heterocycles. The number of ether oxygens (including phenoxy) is 1. The van der Waals surface area contributed by atoms with Gasteiger partial charge in [0.15, 0.2) is 0 Å². The van der Waals surface area contributed by atoms with Crippen molar-refractivity contribution in [2.45, 2.75) is 49.6 Å². The molecule has 3 fully saturated rings. The minimum absolute atomic E-state index is 0.197. The molecule has 3 aliphatic rings. The Balaban J connectivity index is 0.000000134. The van der Waals surface area contributed by atoms with E-state index in [1.807, 2.05) is 6.92 Å². The van der Waals surface area contributed by atoms with Crippen LogP contribution in [-0.2, 0) is 4.74 Å². The van der Waals surface area contributed by atoms with E-state index < -0.39 is 0 Å². The lowest BCUT2D eigenvalue weighted by Crippen LogP contribution is -2.22. The molecule has 0 aromatic heterocycles. The highest BCUT2D eigenvalue weighted by atomic mass is 32.2. The highest BCUT2D eigenvalue weighted by Crippen LogP contribution is 2.43. The number of fused-ring (bicyclic) bond motifs is 2. The van der Waals surface area contributed by atoms with E-state index in [0.717, 1.165) is 16.9 Å². The van der Waals surface area contributed by atoms with Gasteiger partial charge in [-0.3, -0.25) is 0 Å². The van der Waals surface area contributed by atoms with Gasteiger partial charge < -0.3 is 14.9 Å². The van der Waals surface area contributed by atoms with E-state index in [9.17, 15) is 0 Å². The van der Waals surface area contributed by atoms with Crippen LogP contribution in [0.3, 0.4) is 0 Å². The quantitative estimate of drug-likeness (QED) is 0.769. The third kappa shape index (κ3) is 3.01. The first-order valence-electron chi connectivity index (χ1n) is 6.72. The Hall–Kier alpha value is 0.580. The molecule has 0 amide bonds. The fourth-order valence-electron chi connectivity index (χ4n) is 2.79. The standard InChI is InChI=1S/C7H12OS.C6H12O2S/c1-4-6-3-9-7(4)5(2)8-6;1-4-5(8)3-9-6(4)2-7/h4-7H,3H2,1-2H3;4-8H,2-3H2,1H3/t;4-,5+,6+/m.0/s1. The van der Waals surface area contributed by atoms with Crippen molar-refractivity contribution in [2.75, 3.05) is 18.1 Å². The lowest BCUT2D eigenvalue weighted by Gasteiger charge is -2.16. The van der Waals surface area contributed by atoms with E-state index in [0.29, 0.717) is 12.2 Å². The van der Waals surface area contributed by atoms with Crippen LogP contribution >= 0.6 is 23.5 Å². The third-order valence-corrected chi connectivity index (χ3v) is 7.52. The maximum absolute atomic E-state index is 9.17. The Morgan fingerprint density at radius 1 is 1.11 bits per heavy atom. The molecule has 3 aliphatic heterocycles. The fourth-order valence-corrected chi connectivity index (χ4v) is 5.74. The van der Waals surface area contributed by atoms with Crippen LogP contribution in [0.4, 0.5) is 0 Å². The van der Waals surface area contributed by atoms with Crippen LogP contribution in [0, 0.1) is 11.8 Å². The smallest absolute Gasteiger partial charge is 0.0706 e. The number of aliphatic hydroxyl groups excluding tert-OH is 2. The molecule has 0 saturated carbocycles. The summed E-state index contributed by atoms with van der Waals surface area (Å²) in [5, 5.41) is 19.0. The van der Waals surface area contributed by atoms with Crippen LogP contribution in [0.2, 0.25) is 0 Å². The fraction of sp³-hybridized carbons (Fsp3) is 1.00. The zero-order valence-corrected chi connectivity index (χ0v) is 12.9. The monoisotopic (exact) mass is 292 g/mol. The van der Waals surface area contributed by atoms with Gasteiger partial charge in [-0.25, -0.2) is 0 Å². The first-order valence-corrected chi connectivity index (χ1v) is 8.82. The van der Waals surface area contributed by atoms with E-state index in [2.05, 4.69) is 25.6 Å². The van der Waals surface area contributed by atoms with Gasteiger partial charge in [0.05, 0.1) is 24.9 Å². The summed E-state index contributed by atoms with van der Waals surface area (Å²) >= 11 is 3.74. The van der Waals surface area contributed by atoms with Crippen LogP contribution < -0.4 is 0 Å². The van der Waals surface area contributed by atoms with Gasteiger partial charge in [-0.2, -0.15) is 23.5 Å². The van der Waals surface area contributed by atoms with Gasteiger partial charge in [-0.15, -0.1) is 0 Å². The Morgan fingerprint density at radius 2 is 1.83 bits per heavy atom. The molecule has 0 aromatic rings. The second kappa shape index (κ2) is 6.35. The Morgan fingerprint density at radius 3 is 2.06 bits per heavy atom. The zero-order chi connectivity index (χ0) is 13.3. The summed E-state index contributed by atoms with van der Waals surface area (Å²) in [6.07, 6.45) is 0.894. The molecule has 0 aromatic carbocycles. The number of thioether (sulfide) groups is 2. The van der Waals surface area contributed by atoms with Crippen LogP contribution in [0.1, 0.15) is 20.8 Å². The van der Waals surface area contributed by atoms with Crippen molar-refractivity contribution in [3.63, 3.8) is 0 Å². The average molecular weight is 292 g/mol. The van der Waals surface area contributed by atoms with E-state index in [1.165, 1.54) is 5.75 Å². The Labute approximate surface area is 118 Å². The SMILES string of the molecule is CC1OC2CSC1C2C.C[C@H]1[C@H](O)CS[C@@H]1CO. The summed E-state index contributed by atoms with van der Waals surface area (Å²) in [6, 6.07) is 0. The van der Waals surface area contributed by atoms with Crippen molar-refractivity contribution in [1.82, 2.24) is 0 Å². The summed E-state index contributed by atoms with van der Waals surface area (Å²) in [6.45, 7) is 6.67. The predicted octanol–water partition coefficient (Wildman–Crippen LogP) is 1.62. The van der Waals surface area contributed by atoms with Crippen molar-refractivity contribution in [3.8, 4) is 0 Å². The molecule has 4 unspecified atom stereocenters. The minimum atomic E-state index is -0.202. The topological polar surface area (TPSA) is 49.7 Å². The molecule has 0 aliphatic carbocycles. The van der Waals surface area contributed by atoms with Crippen LogP contribution in [0.5, 0.6) is 0 Å².